The standard InChI is InChI=1S/C12H14BrNO4S2/c1-7-10(6-15)12(8(2)18-7)20(16,17)14-5-9-3-4-11(13)19-9/h3-4,14-15H,5-6H2,1-2H3. The van der Waals surface area contributed by atoms with Gasteiger partial charge in [-0.15, -0.1) is 11.3 Å². The topological polar surface area (TPSA) is 79.5 Å². The first kappa shape index (κ1) is 15.7. The summed E-state index contributed by atoms with van der Waals surface area (Å²) in [5.41, 5.74) is 0.308. The Morgan fingerprint density at radius 3 is 2.60 bits per heavy atom. The van der Waals surface area contributed by atoms with E-state index < -0.39 is 10.0 Å². The van der Waals surface area contributed by atoms with E-state index in [0.717, 1.165) is 8.66 Å². The molecular formula is C12H14BrNO4S2. The van der Waals surface area contributed by atoms with Crippen LogP contribution in [0.1, 0.15) is 22.0 Å². The normalized spacial score (nSPS) is 12.0. The van der Waals surface area contributed by atoms with E-state index in [9.17, 15) is 13.5 Å². The lowest BCUT2D eigenvalue weighted by Crippen LogP contribution is -2.24. The van der Waals surface area contributed by atoms with E-state index in [2.05, 4.69) is 20.7 Å². The Bertz CT molecular complexity index is 718. The van der Waals surface area contributed by atoms with E-state index in [1.165, 1.54) is 11.3 Å². The summed E-state index contributed by atoms with van der Waals surface area (Å²) in [5.74, 6) is 0.704. The molecule has 0 saturated carbocycles. The van der Waals surface area contributed by atoms with Crippen LogP contribution in [0.4, 0.5) is 0 Å². The van der Waals surface area contributed by atoms with Crippen LogP contribution in [0, 0.1) is 13.8 Å². The molecule has 0 spiro atoms. The van der Waals surface area contributed by atoms with E-state index in [0.29, 0.717) is 11.3 Å². The average molecular weight is 380 g/mol. The zero-order valence-corrected chi connectivity index (χ0v) is 14.2. The highest BCUT2D eigenvalue weighted by Crippen LogP contribution is 2.27. The van der Waals surface area contributed by atoms with Crippen molar-refractivity contribution in [3.05, 3.63) is 37.9 Å². The summed E-state index contributed by atoms with van der Waals surface area (Å²) in [5, 5.41) is 9.31. The van der Waals surface area contributed by atoms with Crippen LogP contribution in [0.15, 0.2) is 25.2 Å². The Hall–Kier alpha value is -0.670. The molecule has 20 heavy (non-hydrogen) atoms. The summed E-state index contributed by atoms with van der Waals surface area (Å²) in [7, 11) is -3.71. The molecule has 0 radical (unpaired) electrons. The zero-order valence-electron chi connectivity index (χ0n) is 10.9. The van der Waals surface area contributed by atoms with Gasteiger partial charge >= 0.3 is 0 Å². The first-order valence-corrected chi connectivity index (χ1v) is 8.88. The van der Waals surface area contributed by atoms with E-state index >= 15 is 0 Å². The first-order valence-electron chi connectivity index (χ1n) is 5.78. The molecule has 0 saturated heterocycles. The van der Waals surface area contributed by atoms with Crippen molar-refractivity contribution in [2.45, 2.75) is 31.9 Å². The molecule has 0 bridgehead atoms. The third-order valence-corrected chi connectivity index (χ3v) is 6.04. The Morgan fingerprint density at radius 2 is 2.05 bits per heavy atom. The molecule has 8 heteroatoms. The molecule has 0 aliphatic carbocycles. The van der Waals surface area contributed by atoms with Gasteiger partial charge in [0.1, 0.15) is 16.4 Å². The van der Waals surface area contributed by atoms with Gasteiger partial charge in [0.05, 0.1) is 10.4 Å². The fourth-order valence-electron chi connectivity index (χ4n) is 1.93. The van der Waals surface area contributed by atoms with Crippen LogP contribution in [0.2, 0.25) is 0 Å². The van der Waals surface area contributed by atoms with Crippen molar-refractivity contribution in [1.29, 1.82) is 0 Å². The molecule has 0 aliphatic heterocycles. The number of rotatable bonds is 5. The number of aliphatic hydroxyl groups is 1. The monoisotopic (exact) mass is 379 g/mol. The molecule has 2 N–H and O–H groups in total. The average Bonchev–Trinajstić information content (AvgIpc) is 2.90. The molecule has 110 valence electrons. The third kappa shape index (κ3) is 3.15. The van der Waals surface area contributed by atoms with E-state index in [-0.39, 0.29) is 23.8 Å². The van der Waals surface area contributed by atoms with Crippen LogP contribution in [-0.2, 0) is 23.2 Å². The largest absolute Gasteiger partial charge is 0.465 e. The highest BCUT2D eigenvalue weighted by atomic mass is 79.9. The minimum atomic E-state index is -3.71. The summed E-state index contributed by atoms with van der Waals surface area (Å²) in [6.45, 7) is 3.04. The van der Waals surface area contributed by atoms with Crippen molar-refractivity contribution in [2.24, 2.45) is 0 Å². The predicted molar refractivity (Wildman–Crippen MR) is 80.1 cm³/mol. The molecule has 0 unspecified atom stereocenters. The van der Waals surface area contributed by atoms with Gasteiger partial charge < -0.3 is 9.52 Å². The second-order valence-electron chi connectivity index (χ2n) is 4.21. The fourth-order valence-corrected chi connectivity index (χ4v) is 4.89. The molecule has 0 aromatic carbocycles. The van der Waals surface area contributed by atoms with Crippen molar-refractivity contribution >= 4 is 37.3 Å². The smallest absolute Gasteiger partial charge is 0.244 e. The van der Waals surface area contributed by atoms with Gasteiger partial charge in [-0.05, 0) is 41.9 Å². The minimum absolute atomic E-state index is 0.0353. The number of hydrogen-bond donors (Lipinski definition) is 2. The van der Waals surface area contributed by atoms with E-state index in [1.807, 2.05) is 12.1 Å². The number of nitrogens with one attached hydrogen (secondary N) is 1. The molecule has 5 nitrogen and oxygen atoms in total. The van der Waals surface area contributed by atoms with Crippen LogP contribution in [0.5, 0.6) is 0 Å². The van der Waals surface area contributed by atoms with Crippen molar-refractivity contribution in [3.8, 4) is 0 Å². The van der Waals surface area contributed by atoms with Crippen molar-refractivity contribution in [2.75, 3.05) is 0 Å². The molecule has 2 aromatic heterocycles. The highest BCUT2D eigenvalue weighted by Gasteiger charge is 2.26. The van der Waals surface area contributed by atoms with Crippen LogP contribution in [0.3, 0.4) is 0 Å². The number of thiophene rings is 1. The lowest BCUT2D eigenvalue weighted by molar-refractivity contribution is 0.276. The SMILES string of the molecule is Cc1oc(C)c(S(=O)(=O)NCc2ccc(Br)s2)c1CO. The Labute approximate surface area is 129 Å². The van der Waals surface area contributed by atoms with Crippen molar-refractivity contribution in [3.63, 3.8) is 0 Å². The van der Waals surface area contributed by atoms with Gasteiger partial charge in [-0.3, -0.25) is 0 Å². The van der Waals surface area contributed by atoms with Gasteiger partial charge in [-0.25, -0.2) is 13.1 Å². The fraction of sp³-hybridized carbons (Fsp3) is 0.333. The maximum Gasteiger partial charge on any atom is 0.244 e. The molecule has 0 atom stereocenters. The van der Waals surface area contributed by atoms with Gasteiger partial charge in [0, 0.05) is 17.0 Å². The first-order chi connectivity index (χ1) is 9.35. The minimum Gasteiger partial charge on any atom is -0.465 e. The van der Waals surface area contributed by atoms with Crippen LogP contribution < -0.4 is 4.72 Å². The maximum absolute atomic E-state index is 12.3. The quantitative estimate of drug-likeness (QED) is 0.836. The summed E-state index contributed by atoms with van der Waals surface area (Å²) in [6.07, 6.45) is 0. The number of aliphatic hydroxyl groups excluding tert-OH is 1. The third-order valence-electron chi connectivity index (χ3n) is 2.82. The van der Waals surface area contributed by atoms with Crippen molar-refractivity contribution < 1.29 is 17.9 Å². The zero-order chi connectivity index (χ0) is 14.9. The summed E-state index contributed by atoms with van der Waals surface area (Å²) in [6, 6.07) is 3.71. The maximum atomic E-state index is 12.3. The van der Waals surface area contributed by atoms with Gasteiger partial charge in [-0.1, -0.05) is 0 Å². The summed E-state index contributed by atoms with van der Waals surface area (Å²) in [4.78, 5) is 0.928. The van der Waals surface area contributed by atoms with Crippen LogP contribution in [0.25, 0.3) is 0 Å². The van der Waals surface area contributed by atoms with Crippen molar-refractivity contribution in [1.82, 2.24) is 4.72 Å². The molecule has 2 rings (SSSR count). The number of sulfonamides is 1. The number of aryl methyl sites for hydroxylation is 2. The van der Waals surface area contributed by atoms with E-state index in [4.69, 9.17) is 4.42 Å². The van der Waals surface area contributed by atoms with Gasteiger partial charge in [0.15, 0.2) is 0 Å². The van der Waals surface area contributed by atoms with Gasteiger partial charge in [0.25, 0.3) is 0 Å². The molecule has 2 aromatic rings. The molecular weight excluding hydrogens is 366 g/mol. The predicted octanol–water partition coefficient (Wildman–Crippen LogP) is 2.69. The summed E-state index contributed by atoms with van der Waals surface area (Å²) >= 11 is 4.79. The number of hydrogen-bond acceptors (Lipinski definition) is 5. The van der Waals surface area contributed by atoms with Crippen LogP contribution in [-0.4, -0.2) is 13.5 Å². The Balaban J connectivity index is 2.27. The number of halogens is 1. The van der Waals surface area contributed by atoms with Crippen LogP contribution >= 0.6 is 27.3 Å². The van der Waals surface area contributed by atoms with Gasteiger partial charge in [0.2, 0.25) is 10.0 Å². The van der Waals surface area contributed by atoms with Gasteiger partial charge in [-0.2, -0.15) is 0 Å². The molecule has 2 heterocycles. The lowest BCUT2D eigenvalue weighted by Gasteiger charge is -2.06. The molecule has 0 fully saturated rings. The van der Waals surface area contributed by atoms with E-state index in [1.54, 1.807) is 13.8 Å². The second kappa shape index (κ2) is 5.98. The number of furan rings is 1. The lowest BCUT2D eigenvalue weighted by atomic mass is 10.2. The highest BCUT2D eigenvalue weighted by molar-refractivity contribution is 9.11. The Morgan fingerprint density at radius 1 is 1.35 bits per heavy atom. The molecule has 0 aliphatic rings. The molecule has 0 amide bonds. The second-order valence-corrected chi connectivity index (χ2v) is 8.46. The Kier molecular flexibility index (Phi) is 4.70. The summed E-state index contributed by atoms with van der Waals surface area (Å²) < 4.78 is 33.4.